The number of carbonyl (C=O) groups excluding carboxylic acids is 2. The summed E-state index contributed by atoms with van der Waals surface area (Å²) in [6, 6.07) is 12.3. The molecule has 0 aliphatic rings. The van der Waals surface area contributed by atoms with Crippen LogP contribution in [-0.4, -0.2) is 23.5 Å². The third kappa shape index (κ3) is 7.14. The van der Waals surface area contributed by atoms with Crippen molar-refractivity contribution in [3.05, 3.63) is 52.5 Å². The average Bonchev–Trinajstić information content (AvgIpc) is 2.68. The van der Waals surface area contributed by atoms with E-state index in [2.05, 4.69) is 31.9 Å². The van der Waals surface area contributed by atoms with Crippen LogP contribution >= 0.6 is 28.1 Å². The van der Waals surface area contributed by atoms with Crippen molar-refractivity contribution < 1.29 is 14.3 Å². The summed E-state index contributed by atoms with van der Waals surface area (Å²) >= 11 is 8.62. The maximum absolute atomic E-state index is 12.6. The molecule has 0 aliphatic carbocycles. The Morgan fingerprint density at radius 2 is 1.69 bits per heavy atom. The van der Waals surface area contributed by atoms with Crippen LogP contribution in [0.3, 0.4) is 0 Å². The number of ether oxygens (including phenoxy) is 1. The number of rotatable bonds is 7. The third-order valence-electron chi connectivity index (χ3n) is 3.81. The van der Waals surface area contributed by atoms with E-state index in [9.17, 15) is 9.59 Å². The molecular formula is C21H24BrN3O3S. The average molecular weight is 478 g/mol. The second-order valence-corrected chi connectivity index (χ2v) is 7.94. The molecule has 0 aliphatic heterocycles. The number of benzene rings is 2. The lowest BCUT2D eigenvalue weighted by Gasteiger charge is -2.14. The van der Waals surface area contributed by atoms with Gasteiger partial charge in [0, 0.05) is 21.8 Å². The van der Waals surface area contributed by atoms with Crippen molar-refractivity contribution in [3.63, 3.8) is 0 Å². The smallest absolute Gasteiger partial charge is 0.261 e. The largest absolute Gasteiger partial charge is 0.493 e. The van der Waals surface area contributed by atoms with Crippen LogP contribution in [0.2, 0.25) is 0 Å². The molecule has 0 saturated heterocycles. The number of nitrogens with one attached hydrogen (secondary N) is 3. The number of anilines is 2. The van der Waals surface area contributed by atoms with Crippen molar-refractivity contribution in [3.8, 4) is 5.75 Å². The van der Waals surface area contributed by atoms with Gasteiger partial charge in [0.05, 0.1) is 12.2 Å². The number of halogens is 1. The number of hydrogen-bond donors (Lipinski definition) is 3. The molecule has 2 aromatic rings. The fraction of sp³-hybridized carbons (Fsp3) is 0.286. The molecule has 0 unspecified atom stereocenters. The summed E-state index contributed by atoms with van der Waals surface area (Å²) in [5.41, 5.74) is 1.77. The quantitative estimate of drug-likeness (QED) is 0.491. The van der Waals surface area contributed by atoms with Gasteiger partial charge in [0.25, 0.3) is 5.91 Å². The molecule has 2 rings (SSSR count). The molecule has 29 heavy (non-hydrogen) atoms. The second kappa shape index (κ2) is 10.9. The molecule has 0 fully saturated rings. The van der Waals surface area contributed by atoms with Crippen LogP contribution < -0.4 is 20.7 Å². The first-order valence-corrected chi connectivity index (χ1v) is 10.5. The molecule has 0 spiro atoms. The van der Waals surface area contributed by atoms with Gasteiger partial charge in [-0.05, 0) is 61.1 Å². The van der Waals surface area contributed by atoms with E-state index in [1.165, 1.54) is 0 Å². The molecule has 3 N–H and O–H groups in total. The zero-order valence-electron chi connectivity index (χ0n) is 16.5. The minimum atomic E-state index is -0.365. The molecule has 0 atom stereocenters. The Bertz CT molecular complexity index is 885. The summed E-state index contributed by atoms with van der Waals surface area (Å²) in [4.78, 5) is 24.4. The maximum Gasteiger partial charge on any atom is 0.261 e. The van der Waals surface area contributed by atoms with Crippen LogP contribution in [0.1, 0.15) is 37.6 Å². The van der Waals surface area contributed by atoms with E-state index in [0.29, 0.717) is 29.3 Å². The molecule has 0 bridgehead atoms. The van der Waals surface area contributed by atoms with Gasteiger partial charge in [-0.1, -0.05) is 36.7 Å². The van der Waals surface area contributed by atoms with Crippen LogP contribution in [0.25, 0.3) is 0 Å². The molecule has 2 aromatic carbocycles. The summed E-state index contributed by atoms with van der Waals surface area (Å²) in [7, 11) is 0. The Balaban J connectivity index is 1.99. The fourth-order valence-electron chi connectivity index (χ4n) is 2.27. The zero-order chi connectivity index (χ0) is 21.4. The first-order chi connectivity index (χ1) is 13.8. The van der Waals surface area contributed by atoms with Gasteiger partial charge in [-0.25, -0.2) is 0 Å². The van der Waals surface area contributed by atoms with Crippen molar-refractivity contribution in [1.29, 1.82) is 0 Å². The predicted octanol–water partition coefficient (Wildman–Crippen LogP) is 4.96. The summed E-state index contributed by atoms with van der Waals surface area (Å²) < 4.78 is 6.41. The van der Waals surface area contributed by atoms with Gasteiger partial charge < -0.3 is 15.4 Å². The lowest BCUT2D eigenvalue weighted by molar-refractivity contribution is -0.118. The van der Waals surface area contributed by atoms with Crippen LogP contribution in [0.5, 0.6) is 5.75 Å². The van der Waals surface area contributed by atoms with Crippen LogP contribution in [0, 0.1) is 5.92 Å². The summed E-state index contributed by atoms with van der Waals surface area (Å²) in [5, 5.41) is 8.60. The predicted molar refractivity (Wildman–Crippen MR) is 124 cm³/mol. The Hall–Kier alpha value is -2.45. The lowest BCUT2D eigenvalue weighted by atomic mass is 10.2. The normalized spacial score (nSPS) is 10.4. The highest BCUT2D eigenvalue weighted by Crippen LogP contribution is 2.23. The van der Waals surface area contributed by atoms with Crippen LogP contribution in [0.15, 0.2) is 46.9 Å². The highest BCUT2D eigenvalue weighted by atomic mass is 79.9. The number of thiocarbonyl (C=S) groups is 1. The van der Waals surface area contributed by atoms with Crippen molar-refractivity contribution in [1.82, 2.24) is 5.32 Å². The molecular weight excluding hydrogens is 454 g/mol. The number of hydrogen-bond acceptors (Lipinski definition) is 4. The van der Waals surface area contributed by atoms with E-state index >= 15 is 0 Å². The van der Waals surface area contributed by atoms with Gasteiger partial charge in [0.2, 0.25) is 5.91 Å². The van der Waals surface area contributed by atoms with Gasteiger partial charge in [0.1, 0.15) is 5.75 Å². The zero-order valence-corrected chi connectivity index (χ0v) is 18.9. The fourth-order valence-corrected chi connectivity index (χ4v) is 2.85. The van der Waals surface area contributed by atoms with Crippen molar-refractivity contribution in [2.24, 2.45) is 5.92 Å². The minimum Gasteiger partial charge on any atom is -0.493 e. The highest BCUT2D eigenvalue weighted by Gasteiger charge is 2.15. The molecule has 154 valence electrons. The Morgan fingerprint density at radius 3 is 2.28 bits per heavy atom. The van der Waals surface area contributed by atoms with Crippen LogP contribution in [-0.2, 0) is 4.79 Å². The summed E-state index contributed by atoms with van der Waals surface area (Å²) in [6.07, 6.45) is 0.838. The van der Waals surface area contributed by atoms with Gasteiger partial charge in [-0.15, -0.1) is 0 Å². The Kier molecular flexibility index (Phi) is 8.60. The first kappa shape index (κ1) is 22.8. The summed E-state index contributed by atoms with van der Waals surface area (Å²) in [6.45, 7) is 6.17. The number of carbonyl (C=O) groups is 2. The van der Waals surface area contributed by atoms with Gasteiger partial charge in [-0.2, -0.15) is 0 Å². The highest BCUT2D eigenvalue weighted by molar-refractivity contribution is 9.10. The molecule has 0 heterocycles. The molecule has 0 aromatic heterocycles. The van der Waals surface area contributed by atoms with E-state index in [-0.39, 0.29) is 22.8 Å². The summed E-state index contributed by atoms with van der Waals surface area (Å²) in [5.74, 6) is -0.0141. The van der Waals surface area contributed by atoms with Crippen molar-refractivity contribution >= 4 is 56.4 Å². The maximum atomic E-state index is 12.6. The molecule has 0 radical (unpaired) electrons. The number of amides is 2. The lowest BCUT2D eigenvalue weighted by Crippen LogP contribution is -2.34. The van der Waals surface area contributed by atoms with Crippen molar-refractivity contribution in [2.45, 2.75) is 27.2 Å². The standard InChI is InChI=1S/C21H24BrN3O3S/c1-4-11-28-18-10-5-14(22)12-17(18)20(27)25-21(29)24-16-8-6-15(7-9-16)23-19(26)13(2)3/h5-10,12-13H,4,11H2,1-3H3,(H,23,26)(H2,24,25,27,29). The SMILES string of the molecule is CCCOc1ccc(Br)cc1C(=O)NC(=S)Nc1ccc(NC(=O)C(C)C)cc1. The molecule has 2 amide bonds. The first-order valence-electron chi connectivity index (χ1n) is 9.25. The van der Waals surface area contributed by atoms with E-state index in [0.717, 1.165) is 10.9 Å². The van der Waals surface area contributed by atoms with E-state index < -0.39 is 0 Å². The molecule has 8 heteroatoms. The molecule has 6 nitrogen and oxygen atoms in total. The van der Waals surface area contributed by atoms with Gasteiger partial charge >= 0.3 is 0 Å². The topological polar surface area (TPSA) is 79.5 Å². The van der Waals surface area contributed by atoms with Gasteiger partial charge in [0.15, 0.2) is 5.11 Å². The van der Waals surface area contributed by atoms with E-state index in [4.69, 9.17) is 17.0 Å². The van der Waals surface area contributed by atoms with E-state index in [1.54, 1.807) is 36.4 Å². The van der Waals surface area contributed by atoms with E-state index in [1.807, 2.05) is 26.8 Å². The monoisotopic (exact) mass is 477 g/mol. The Labute approximate surface area is 184 Å². The minimum absolute atomic E-state index is 0.0522. The Morgan fingerprint density at radius 1 is 1.07 bits per heavy atom. The van der Waals surface area contributed by atoms with Crippen molar-refractivity contribution in [2.75, 3.05) is 17.2 Å². The second-order valence-electron chi connectivity index (χ2n) is 6.62. The molecule has 0 saturated carbocycles. The van der Waals surface area contributed by atoms with Gasteiger partial charge in [-0.3, -0.25) is 14.9 Å². The van der Waals surface area contributed by atoms with Crippen LogP contribution in [0.4, 0.5) is 11.4 Å². The third-order valence-corrected chi connectivity index (χ3v) is 4.51.